The lowest BCUT2D eigenvalue weighted by molar-refractivity contribution is -0.143. The number of allylic oxidation sites excluding steroid dienone is 3. The van der Waals surface area contributed by atoms with Crippen molar-refractivity contribution in [2.45, 2.75) is 251 Å². The van der Waals surface area contributed by atoms with Crippen LogP contribution in [0.4, 0.5) is 0 Å². The van der Waals surface area contributed by atoms with Crippen molar-refractivity contribution in [1.29, 1.82) is 0 Å². The first-order valence-corrected chi connectivity index (χ1v) is 23.1. The molecule has 0 rings (SSSR count). The molecule has 0 bridgehead atoms. The van der Waals surface area contributed by atoms with E-state index in [0.29, 0.717) is 19.4 Å². The second-order valence-electron chi connectivity index (χ2n) is 15.7. The Labute approximate surface area is 329 Å². The summed E-state index contributed by atoms with van der Waals surface area (Å²) in [7, 11) is 0. The Morgan fingerprint density at radius 3 is 1.34 bits per heavy atom. The maximum absolute atomic E-state index is 12.4. The average molecular weight is 748 g/mol. The fourth-order valence-electron chi connectivity index (χ4n) is 6.86. The van der Waals surface area contributed by atoms with E-state index in [-0.39, 0.29) is 18.5 Å². The Bertz CT molecular complexity index is 828. The van der Waals surface area contributed by atoms with Gasteiger partial charge in [0.2, 0.25) is 5.91 Å². The summed E-state index contributed by atoms with van der Waals surface area (Å²) < 4.78 is 5.44. The van der Waals surface area contributed by atoms with Gasteiger partial charge in [-0.1, -0.05) is 192 Å². The zero-order valence-electron chi connectivity index (χ0n) is 35.2. The topological polar surface area (TPSA) is 95.9 Å². The highest BCUT2D eigenvalue weighted by molar-refractivity contribution is 5.76. The van der Waals surface area contributed by atoms with Gasteiger partial charge >= 0.3 is 5.97 Å². The predicted molar refractivity (Wildman–Crippen MR) is 227 cm³/mol. The highest BCUT2D eigenvalue weighted by Crippen LogP contribution is 2.14. The number of aliphatic hydroxyl groups is 2. The molecule has 0 saturated heterocycles. The van der Waals surface area contributed by atoms with Gasteiger partial charge in [-0.25, -0.2) is 0 Å². The number of unbranched alkanes of at least 4 members (excludes halogenated alkanes) is 29. The van der Waals surface area contributed by atoms with Gasteiger partial charge in [0.05, 0.1) is 25.4 Å². The molecule has 0 radical (unpaired) electrons. The van der Waals surface area contributed by atoms with Gasteiger partial charge in [0, 0.05) is 12.8 Å². The van der Waals surface area contributed by atoms with Crippen molar-refractivity contribution in [3.8, 4) is 0 Å². The number of carbonyl (C=O) groups excluding carboxylic acids is 2. The zero-order valence-corrected chi connectivity index (χ0v) is 35.2. The molecule has 3 N–H and O–H groups in total. The van der Waals surface area contributed by atoms with Crippen molar-refractivity contribution >= 4 is 11.9 Å². The number of hydrogen-bond acceptors (Lipinski definition) is 5. The van der Waals surface area contributed by atoms with Gasteiger partial charge in [0.25, 0.3) is 0 Å². The van der Waals surface area contributed by atoms with E-state index in [1.165, 1.54) is 154 Å². The normalized spacial score (nSPS) is 12.9. The van der Waals surface area contributed by atoms with Gasteiger partial charge in [-0.3, -0.25) is 9.59 Å². The third-order valence-electron chi connectivity index (χ3n) is 10.5. The number of hydrogen-bond donors (Lipinski definition) is 3. The van der Waals surface area contributed by atoms with Gasteiger partial charge in [-0.15, -0.1) is 0 Å². The molecular weight excluding hydrogens is 659 g/mol. The van der Waals surface area contributed by atoms with Crippen LogP contribution in [0, 0.1) is 0 Å². The van der Waals surface area contributed by atoms with Crippen LogP contribution < -0.4 is 5.32 Å². The van der Waals surface area contributed by atoms with Crippen molar-refractivity contribution in [2.24, 2.45) is 0 Å². The van der Waals surface area contributed by atoms with Crippen LogP contribution in [0.1, 0.15) is 239 Å². The van der Waals surface area contributed by atoms with Gasteiger partial charge in [0.15, 0.2) is 0 Å². The van der Waals surface area contributed by atoms with Crippen LogP contribution in [0.5, 0.6) is 0 Å². The van der Waals surface area contributed by atoms with E-state index in [4.69, 9.17) is 4.74 Å². The molecule has 2 atom stereocenters. The maximum atomic E-state index is 12.4. The molecule has 53 heavy (non-hydrogen) atoms. The molecule has 312 valence electrons. The Morgan fingerprint density at radius 1 is 0.509 bits per heavy atom. The molecule has 0 aromatic carbocycles. The molecule has 0 saturated carbocycles. The molecule has 0 aromatic heterocycles. The van der Waals surface area contributed by atoms with Crippen molar-refractivity contribution in [1.82, 2.24) is 5.32 Å². The first-order chi connectivity index (χ1) is 26.0. The molecule has 0 aliphatic carbocycles. The first kappa shape index (κ1) is 51.3. The lowest BCUT2D eigenvalue weighted by Crippen LogP contribution is -2.45. The number of aliphatic hydroxyl groups excluding tert-OH is 2. The van der Waals surface area contributed by atoms with Crippen molar-refractivity contribution < 1.29 is 24.5 Å². The number of esters is 1. The summed E-state index contributed by atoms with van der Waals surface area (Å²) >= 11 is 0. The van der Waals surface area contributed by atoms with E-state index < -0.39 is 12.1 Å². The summed E-state index contributed by atoms with van der Waals surface area (Å²) in [5, 5.41) is 22.9. The van der Waals surface area contributed by atoms with Gasteiger partial charge in [0.1, 0.15) is 0 Å². The molecule has 1 amide bonds. The van der Waals surface area contributed by atoms with Crippen LogP contribution in [-0.2, 0) is 14.3 Å². The fourth-order valence-corrected chi connectivity index (χ4v) is 6.86. The van der Waals surface area contributed by atoms with Crippen LogP contribution in [-0.4, -0.2) is 47.4 Å². The summed E-state index contributed by atoms with van der Waals surface area (Å²) in [5.41, 5.74) is 0. The lowest BCUT2D eigenvalue weighted by atomic mass is 10.1. The summed E-state index contributed by atoms with van der Waals surface area (Å²) in [5.74, 6) is -0.134. The SMILES string of the molecule is CCCCCCCCC/C=C\CCCCCCCC(=O)OCCCCCCCCCCCC(=O)NC(CO)C(O)/C=C/CCCCCCCCCCC. The van der Waals surface area contributed by atoms with Crippen LogP contribution in [0.25, 0.3) is 0 Å². The Balaban J connectivity index is 3.52. The van der Waals surface area contributed by atoms with Crippen molar-refractivity contribution in [3.63, 3.8) is 0 Å². The van der Waals surface area contributed by atoms with Crippen molar-refractivity contribution in [2.75, 3.05) is 13.2 Å². The summed E-state index contributed by atoms with van der Waals surface area (Å²) in [6.07, 6.45) is 48.8. The van der Waals surface area contributed by atoms with Crippen LogP contribution >= 0.6 is 0 Å². The molecule has 0 heterocycles. The van der Waals surface area contributed by atoms with Gasteiger partial charge in [-0.2, -0.15) is 0 Å². The maximum Gasteiger partial charge on any atom is 0.305 e. The zero-order chi connectivity index (χ0) is 38.7. The first-order valence-electron chi connectivity index (χ1n) is 23.1. The lowest BCUT2D eigenvalue weighted by Gasteiger charge is -2.20. The standard InChI is InChI=1S/C47H89NO5/c1-3-5-7-9-11-13-15-16-17-18-19-21-25-29-33-37-41-47(52)53-42-38-34-30-26-22-24-28-32-36-40-46(51)48-44(43-49)45(50)39-35-31-27-23-20-14-12-10-8-6-4-2/h17-18,35,39,44-45,49-50H,3-16,19-34,36-38,40-43H2,1-2H3,(H,48,51)/b18-17-,39-35+. The minimum absolute atomic E-state index is 0.0357. The second kappa shape index (κ2) is 43.1. The molecule has 0 aromatic rings. The van der Waals surface area contributed by atoms with Gasteiger partial charge < -0.3 is 20.3 Å². The monoisotopic (exact) mass is 748 g/mol. The molecule has 6 heteroatoms. The Morgan fingerprint density at radius 2 is 0.887 bits per heavy atom. The summed E-state index contributed by atoms with van der Waals surface area (Å²) in [6.45, 7) is 4.81. The van der Waals surface area contributed by atoms with E-state index in [9.17, 15) is 19.8 Å². The minimum Gasteiger partial charge on any atom is -0.466 e. The minimum atomic E-state index is -0.860. The molecular formula is C47H89NO5. The van der Waals surface area contributed by atoms with Gasteiger partial charge in [-0.05, 0) is 57.8 Å². The third-order valence-corrected chi connectivity index (χ3v) is 10.5. The molecule has 0 spiro atoms. The predicted octanol–water partition coefficient (Wildman–Crippen LogP) is 13.2. The summed E-state index contributed by atoms with van der Waals surface area (Å²) in [6, 6.07) is -0.646. The highest BCUT2D eigenvalue weighted by atomic mass is 16.5. The molecule has 0 fully saturated rings. The van der Waals surface area contributed by atoms with Crippen molar-refractivity contribution in [3.05, 3.63) is 24.3 Å². The largest absolute Gasteiger partial charge is 0.466 e. The van der Waals surface area contributed by atoms with Crippen LogP contribution in [0.15, 0.2) is 24.3 Å². The number of nitrogens with one attached hydrogen (secondary N) is 1. The number of amides is 1. The number of rotatable bonds is 42. The van der Waals surface area contributed by atoms with E-state index in [0.717, 1.165) is 57.8 Å². The smallest absolute Gasteiger partial charge is 0.305 e. The fraction of sp³-hybridized carbons (Fsp3) is 0.872. The quantitative estimate of drug-likeness (QED) is 0.0328. The van der Waals surface area contributed by atoms with E-state index in [2.05, 4.69) is 31.3 Å². The Kier molecular flexibility index (Phi) is 41.7. The molecule has 6 nitrogen and oxygen atoms in total. The van der Waals surface area contributed by atoms with Crippen LogP contribution in [0.2, 0.25) is 0 Å². The van der Waals surface area contributed by atoms with E-state index >= 15 is 0 Å². The number of ether oxygens (including phenoxy) is 1. The number of carbonyl (C=O) groups is 2. The molecule has 0 aliphatic rings. The van der Waals surface area contributed by atoms with E-state index in [1.807, 2.05) is 6.08 Å². The molecule has 2 unspecified atom stereocenters. The third kappa shape index (κ3) is 39.8. The average Bonchev–Trinajstić information content (AvgIpc) is 3.16. The Hall–Kier alpha value is -1.66. The summed E-state index contributed by atoms with van der Waals surface area (Å²) in [4.78, 5) is 24.4. The second-order valence-corrected chi connectivity index (χ2v) is 15.7. The highest BCUT2D eigenvalue weighted by Gasteiger charge is 2.18. The molecule has 0 aliphatic heterocycles. The van der Waals surface area contributed by atoms with E-state index in [1.54, 1.807) is 6.08 Å². The van der Waals surface area contributed by atoms with Crippen LogP contribution in [0.3, 0.4) is 0 Å².